The second-order valence-corrected chi connectivity index (χ2v) is 3.02. The number of fused-ring (bicyclic) bond motifs is 1. The van der Waals surface area contributed by atoms with Gasteiger partial charge in [-0.25, -0.2) is 9.97 Å². The first-order valence-electron chi connectivity index (χ1n) is 3.77. The third-order valence-electron chi connectivity index (χ3n) is 2.20. The third-order valence-corrected chi connectivity index (χ3v) is 2.20. The van der Waals surface area contributed by atoms with E-state index in [0.717, 1.165) is 17.7 Å². The van der Waals surface area contributed by atoms with E-state index in [0.29, 0.717) is 5.92 Å². The molecular weight excluding hydrogens is 140 g/mol. The first kappa shape index (κ1) is 6.73. The maximum atomic E-state index is 9.46. The molecule has 3 nitrogen and oxygen atoms in total. The van der Waals surface area contributed by atoms with Gasteiger partial charge in [0.2, 0.25) is 0 Å². The maximum Gasteiger partial charge on any atom is 0.115 e. The Morgan fingerprint density at radius 3 is 3.18 bits per heavy atom. The summed E-state index contributed by atoms with van der Waals surface area (Å²) in [6.07, 6.45) is 3.69. The lowest BCUT2D eigenvalue weighted by molar-refractivity contribution is 0.170. The molecule has 3 heteroatoms. The van der Waals surface area contributed by atoms with Crippen LogP contribution in [0.25, 0.3) is 0 Å². The SMILES string of the molecule is C[C@@H]1C[C@H](O)c2ncncc21. The van der Waals surface area contributed by atoms with E-state index in [-0.39, 0.29) is 6.10 Å². The van der Waals surface area contributed by atoms with Crippen molar-refractivity contribution in [3.05, 3.63) is 23.8 Å². The molecule has 0 saturated heterocycles. The summed E-state index contributed by atoms with van der Waals surface area (Å²) in [6, 6.07) is 0. The van der Waals surface area contributed by atoms with Crippen LogP contribution in [-0.4, -0.2) is 15.1 Å². The highest BCUT2D eigenvalue weighted by Gasteiger charge is 2.27. The maximum absolute atomic E-state index is 9.46. The van der Waals surface area contributed by atoms with Crippen molar-refractivity contribution in [3.63, 3.8) is 0 Å². The molecule has 0 aliphatic heterocycles. The zero-order valence-corrected chi connectivity index (χ0v) is 6.36. The lowest BCUT2D eigenvalue weighted by Crippen LogP contribution is -1.94. The Labute approximate surface area is 65.1 Å². The van der Waals surface area contributed by atoms with E-state index < -0.39 is 0 Å². The molecule has 1 aliphatic rings. The molecule has 0 radical (unpaired) electrons. The van der Waals surface area contributed by atoms with Crippen molar-refractivity contribution in [2.75, 3.05) is 0 Å². The highest BCUT2D eigenvalue weighted by atomic mass is 16.3. The van der Waals surface area contributed by atoms with Gasteiger partial charge in [0.15, 0.2) is 0 Å². The molecule has 1 N–H and O–H groups in total. The Morgan fingerprint density at radius 2 is 2.45 bits per heavy atom. The molecule has 0 unspecified atom stereocenters. The van der Waals surface area contributed by atoms with E-state index >= 15 is 0 Å². The molecular formula is C8H10N2O. The fourth-order valence-corrected chi connectivity index (χ4v) is 1.58. The van der Waals surface area contributed by atoms with Gasteiger partial charge in [-0.15, -0.1) is 0 Å². The predicted molar refractivity (Wildman–Crippen MR) is 40.0 cm³/mol. The van der Waals surface area contributed by atoms with Crippen LogP contribution in [0.3, 0.4) is 0 Å². The van der Waals surface area contributed by atoms with Crippen molar-refractivity contribution < 1.29 is 5.11 Å². The van der Waals surface area contributed by atoms with Gasteiger partial charge >= 0.3 is 0 Å². The van der Waals surface area contributed by atoms with Crippen LogP contribution in [0.4, 0.5) is 0 Å². The topological polar surface area (TPSA) is 46.0 Å². The molecule has 11 heavy (non-hydrogen) atoms. The average Bonchev–Trinajstić information content (AvgIpc) is 2.30. The van der Waals surface area contributed by atoms with Gasteiger partial charge in [0.05, 0.1) is 11.8 Å². The number of aliphatic hydroxyl groups is 1. The molecule has 0 amide bonds. The first-order valence-corrected chi connectivity index (χ1v) is 3.77. The standard InChI is InChI=1S/C8H10N2O/c1-5-2-7(11)8-6(5)3-9-4-10-8/h3-5,7,11H,2H2,1H3/t5-,7+/m1/s1. The van der Waals surface area contributed by atoms with Gasteiger partial charge in [-0.05, 0) is 17.9 Å². The Bertz CT molecular complexity index is 248. The minimum absolute atomic E-state index is 0.372. The van der Waals surface area contributed by atoms with Crippen LogP contribution in [0, 0.1) is 0 Å². The van der Waals surface area contributed by atoms with Crippen LogP contribution in [0.5, 0.6) is 0 Å². The van der Waals surface area contributed by atoms with Crippen LogP contribution in [-0.2, 0) is 0 Å². The largest absolute Gasteiger partial charge is 0.387 e. The van der Waals surface area contributed by atoms with Crippen LogP contribution >= 0.6 is 0 Å². The number of hydrogen-bond acceptors (Lipinski definition) is 3. The average molecular weight is 150 g/mol. The molecule has 1 heterocycles. The zero-order valence-electron chi connectivity index (χ0n) is 6.36. The summed E-state index contributed by atoms with van der Waals surface area (Å²) >= 11 is 0. The Balaban J connectivity index is 2.52. The van der Waals surface area contributed by atoms with Crippen molar-refractivity contribution in [3.8, 4) is 0 Å². The molecule has 0 fully saturated rings. The fourth-order valence-electron chi connectivity index (χ4n) is 1.58. The van der Waals surface area contributed by atoms with Crippen molar-refractivity contribution in [2.45, 2.75) is 25.4 Å². The smallest absolute Gasteiger partial charge is 0.115 e. The minimum Gasteiger partial charge on any atom is -0.387 e. The highest BCUT2D eigenvalue weighted by Crippen LogP contribution is 2.37. The molecule has 0 bridgehead atoms. The molecule has 0 spiro atoms. The lowest BCUT2D eigenvalue weighted by Gasteiger charge is -1.99. The molecule has 1 aliphatic carbocycles. The summed E-state index contributed by atoms with van der Waals surface area (Å²) in [7, 11) is 0. The van der Waals surface area contributed by atoms with Crippen molar-refractivity contribution in [2.24, 2.45) is 0 Å². The van der Waals surface area contributed by atoms with Gasteiger partial charge in [0, 0.05) is 6.20 Å². The normalized spacial score (nSPS) is 28.5. The summed E-state index contributed by atoms with van der Waals surface area (Å²) in [6.45, 7) is 2.08. The monoisotopic (exact) mass is 150 g/mol. The van der Waals surface area contributed by atoms with E-state index in [1.807, 2.05) is 0 Å². The summed E-state index contributed by atoms with van der Waals surface area (Å²) in [5.74, 6) is 0.404. The van der Waals surface area contributed by atoms with Crippen molar-refractivity contribution >= 4 is 0 Å². The molecule has 1 aromatic heterocycles. The quantitative estimate of drug-likeness (QED) is 0.600. The van der Waals surface area contributed by atoms with Gasteiger partial charge < -0.3 is 5.11 Å². The first-order chi connectivity index (χ1) is 5.29. The summed E-state index contributed by atoms with van der Waals surface area (Å²) in [5.41, 5.74) is 1.91. The lowest BCUT2D eigenvalue weighted by atomic mass is 10.1. The van der Waals surface area contributed by atoms with E-state index in [9.17, 15) is 5.11 Å². The Hall–Kier alpha value is -0.960. The molecule has 58 valence electrons. The molecule has 1 aromatic rings. The number of aromatic nitrogens is 2. The third kappa shape index (κ3) is 0.922. The highest BCUT2D eigenvalue weighted by molar-refractivity contribution is 5.27. The van der Waals surface area contributed by atoms with E-state index in [1.165, 1.54) is 6.33 Å². The number of nitrogens with zero attached hydrogens (tertiary/aromatic N) is 2. The Morgan fingerprint density at radius 1 is 1.64 bits per heavy atom. The summed E-state index contributed by atoms with van der Waals surface area (Å²) < 4.78 is 0. The number of rotatable bonds is 0. The van der Waals surface area contributed by atoms with E-state index in [4.69, 9.17) is 0 Å². The van der Waals surface area contributed by atoms with Gasteiger partial charge in [-0.1, -0.05) is 6.92 Å². The summed E-state index contributed by atoms with van der Waals surface area (Å²) in [4.78, 5) is 7.95. The van der Waals surface area contributed by atoms with Crippen LogP contribution in [0.1, 0.15) is 36.6 Å². The van der Waals surface area contributed by atoms with Gasteiger partial charge in [0.1, 0.15) is 6.33 Å². The van der Waals surface area contributed by atoms with E-state index in [2.05, 4.69) is 16.9 Å². The van der Waals surface area contributed by atoms with Crippen LogP contribution in [0.2, 0.25) is 0 Å². The molecule has 0 saturated carbocycles. The second kappa shape index (κ2) is 2.27. The summed E-state index contributed by atoms with van der Waals surface area (Å²) in [5, 5.41) is 9.46. The second-order valence-electron chi connectivity index (χ2n) is 3.02. The number of hydrogen-bond donors (Lipinski definition) is 1. The van der Waals surface area contributed by atoms with Crippen LogP contribution in [0.15, 0.2) is 12.5 Å². The Kier molecular flexibility index (Phi) is 1.39. The number of aliphatic hydroxyl groups excluding tert-OH is 1. The molecule has 2 atom stereocenters. The van der Waals surface area contributed by atoms with Gasteiger partial charge in [-0.3, -0.25) is 0 Å². The minimum atomic E-state index is -0.372. The zero-order chi connectivity index (χ0) is 7.84. The van der Waals surface area contributed by atoms with Crippen LogP contribution < -0.4 is 0 Å². The predicted octanol–water partition coefficient (Wildman–Crippen LogP) is 1.02. The molecule has 2 rings (SSSR count). The van der Waals surface area contributed by atoms with Crippen molar-refractivity contribution in [1.82, 2.24) is 9.97 Å². The van der Waals surface area contributed by atoms with E-state index in [1.54, 1.807) is 6.20 Å². The molecule has 0 aromatic carbocycles. The van der Waals surface area contributed by atoms with Crippen molar-refractivity contribution in [1.29, 1.82) is 0 Å². The fraction of sp³-hybridized carbons (Fsp3) is 0.500. The van der Waals surface area contributed by atoms with Gasteiger partial charge in [-0.2, -0.15) is 0 Å². The van der Waals surface area contributed by atoms with Gasteiger partial charge in [0.25, 0.3) is 0 Å².